The van der Waals surface area contributed by atoms with Gasteiger partial charge in [-0.05, 0) is 86.4 Å². The molecule has 2 saturated carbocycles. The lowest BCUT2D eigenvalue weighted by Crippen LogP contribution is -2.51. The highest BCUT2D eigenvalue weighted by Crippen LogP contribution is 2.63. The topological polar surface area (TPSA) is 89.6 Å². The molecular weight excluding hydrogens is 598 g/mol. The van der Waals surface area contributed by atoms with E-state index in [4.69, 9.17) is 31.6 Å². The van der Waals surface area contributed by atoms with E-state index < -0.39 is 11.6 Å². The summed E-state index contributed by atoms with van der Waals surface area (Å²) < 4.78 is 44.2. The number of hydrogen-bond donors (Lipinski definition) is 1. The van der Waals surface area contributed by atoms with Crippen LogP contribution in [0.1, 0.15) is 51.5 Å². The van der Waals surface area contributed by atoms with Gasteiger partial charge in [0.2, 0.25) is 0 Å². The Hall–Kier alpha value is -4.07. The van der Waals surface area contributed by atoms with E-state index in [0.717, 1.165) is 19.0 Å². The third kappa shape index (κ3) is 5.15. The molecule has 2 aromatic heterocycles. The molecule has 2 N–H and O–H groups in total. The van der Waals surface area contributed by atoms with Crippen LogP contribution in [-0.4, -0.2) is 71.4 Å². The van der Waals surface area contributed by atoms with Crippen molar-refractivity contribution in [2.45, 2.75) is 51.5 Å². The largest absolute Gasteiger partial charge is 0.461 e. The average molecular weight is 639 g/mol. The first-order valence-electron chi connectivity index (χ1n) is 16.8. The van der Waals surface area contributed by atoms with Gasteiger partial charge in [0.25, 0.3) is 0 Å². The van der Waals surface area contributed by atoms with E-state index in [2.05, 4.69) is 34.6 Å². The summed E-state index contributed by atoms with van der Waals surface area (Å²) in [6.07, 6.45) is 13.5. The Morgan fingerprint density at radius 2 is 1.98 bits per heavy atom. The molecule has 0 bridgehead atoms. The Labute approximate surface area is 273 Å². The van der Waals surface area contributed by atoms with Crippen LogP contribution in [-0.2, 0) is 4.74 Å². The summed E-state index contributed by atoms with van der Waals surface area (Å²) in [7, 11) is 0. The van der Waals surface area contributed by atoms with Crippen LogP contribution >= 0.6 is 0 Å². The number of halogens is 2. The first-order chi connectivity index (χ1) is 22.7. The Morgan fingerprint density at radius 3 is 2.74 bits per heavy atom. The molecule has 1 spiro atoms. The third-order valence-electron chi connectivity index (χ3n) is 11.1. The molecular formula is C37H40F2N6O2. The van der Waals surface area contributed by atoms with Crippen LogP contribution < -0.4 is 15.4 Å². The van der Waals surface area contributed by atoms with E-state index in [0.29, 0.717) is 66.1 Å². The molecule has 0 radical (unpaired) electrons. The Bertz CT molecular complexity index is 1940. The van der Waals surface area contributed by atoms with Gasteiger partial charge in [-0.3, -0.25) is 9.88 Å². The molecule has 0 amide bonds. The van der Waals surface area contributed by atoms with E-state index in [-0.39, 0.29) is 39.7 Å². The lowest BCUT2D eigenvalue weighted by molar-refractivity contribution is 0.0443. The number of hydrogen-bond acceptors (Lipinski definition) is 8. The zero-order valence-electron chi connectivity index (χ0n) is 27.0. The monoisotopic (exact) mass is 638 g/mol. The minimum absolute atomic E-state index is 0.0182. The number of benzene rings is 2. The van der Waals surface area contributed by atoms with Gasteiger partial charge < -0.3 is 20.1 Å². The van der Waals surface area contributed by atoms with Crippen LogP contribution in [0, 0.1) is 41.2 Å². The fourth-order valence-corrected chi connectivity index (χ4v) is 7.97. The summed E-state index contributed by atoms with van der Waals surface area (Å²) in [6, 6.07) is 6.28. The molecule has 2 atom stereocenters. The second-order valence-corrected chi connectivity index (χ2v) is 14.4. The highest BCUT2D eigenvalue weighted by molar-refractivity contribution is 6.03. The third-order valence-corrected chi connectivity index (χ3v) is 11.1. The maximum atomic E-state index is 17.0. The Balaban J connectivity index is 1.25. The first kappa shape index (κ1) is 30.3. The molecule has 2 aliphatic carbocycles. The first-order valence-corrected chi connectivity index (χ1v) is 16.8. The molecule has 8 nitrogen and oxygen atoms in total. The summed E-state index contributed by atoms with van der Waals surface area (Å²) >= 11 is 0. The van der Waals surface area contributed by atoms with Crippen molar-refractivity contribution >= 4 is 33.2 Å². The normalized spacial score (nSPS) is 24.1. The number of anilines is 2. The van der Waals surface area contributed by atoms with Gasteiger partial charge in [0.05, 0.1) is 29.7 Å². The quantitative estimate of drug-likeness (QED) is 0.189. The molecule has 244 valence electrons. The van der Waals surface area contributed by atoms with Crippen molar-refractivity contribution in [1.29, 1.82) is 0 Å². The van der Waals surface area contributed by atoms with Gasteiger partial charge in [0.1, 0.15) is 29.5 Å². The predicted octanol–water partition coefficient (Wildman–Crippen LogP) is 6.19. The zero-order valence-corrected chi connectivity index (χ0v) is 27.0. The van der Waals surface area contributed by atoms with Gasteiger partial charge in [-0.25, -0.2) is 8.78 Å². The Morgan fingerprint density at radius 1 is 1.15 bits per heavy atom. The van der Waals surface area contributed by atoms with Crippen molar-refractivity contribution in [2.24, 2.45) is 17.3 Å². The summed E-state index contributed by atoms with van der Waals surface area (Å²) in [5.74, 6) is 2.76. The minimum atomic E-state index is -0.671. The van der Waals surface area contributed by atoms with Crippen molar-refractivity contribution in [3.63, 3.8) is 0 Å². The highest BCUT2D eigenvalue weighted by Gasteiger charge is 2.63. The second-order valence-electron chi connectivity index (χ2n) is 14.4. The lowest BCUT2D eigenvalue weighted by Gasteiger charge is -2.39. The van der Waals surface area contributed by atoms with Crippen molar-refractivity contribution in [2.75, 3.05) is 56.6 Å². The molecule has 4 heterocycles. The van der Waals surface area contributed by atoms with Crippen molar-refractivity contribution in [3.05, 3.63) is 47.7 Å². The van der Waals surface area contributed by atoms with Crippen LogP contribution in [0.2, 0.25) is 0 Å². The molecule has 4 aliphatic rings. The zero-order chi connectivity index (χ0) is 32.5. The summed E-state index contributed by atoms with van der Waals surface area (Å²) in [5, 5.41) is 1.43. The van der Waals surface area contributed by atoms with E-state index in [1.165, 1.54) is 38.2 Å². The van der Waals surface area contributed by atoms with Gasteiger partial charge in [-0.1, -0.05) is 18.9 Å². The molecule has 4 fully saturated rings. The van der Waals surface area contributed by atoms with Gasteiger partial charge in [0.15, 0.2) is 5.82 Å². The number of terminal acetylenes is 1. The van der Waals surface area contributed by atoms with Gasteiger partial charge in [0, 0.05) is 42.5 Å². The van der Waals surface area contributed by atoms with Gasteiger partial charge >= 0.3 is 6.01 Å². The van der Waals surface area contributed by atoms with Gasteiger partial charge in [-0.2, -0.15) is 9.97 Å². The predicted molar refractivity (Wildman–Crippen MR) is 179 cm³/mol. The van der Waals surface area contributed by atoms with E-state index in [1.54, 1.807) is 24.4 Å². The standard InChI is InChI=1S/C37H40F2N6O2/c1-4-26-29(38)8-7-24-15-25(40)16-27(30(24)26)32-31(39)33-28(17-41-32)34(44-13-14-46-20-22(2)18-44)43-35(42-33)47-21-36(3)37(9-10-37)11-12-45(36)19-23-5-6-23/h1,7-8,15-17,22-23H,5-6,9-14,18-21,40H2,2-3H3/t22?,36-/m0/s1. The molecule has 2 saturated heterocycles. The number of aromatic nitrogens is 3. The maximum absolute atomic E-state index is 17.0. The van der Waals surface area contributed by atoms with Crippen LogP contribution in [0.15, 0.2) is 30.5 Å². The number of likely N-dealkylation sites (tertiary alicyclic amines) is 1. The molecule has 4 aromatic rings. The Kier molecular flexibility index (Phi) is 7.26. The maximum Gasteiger partial charge on any atom is 0.319 e. The molecule has 10 heteroatoms. The summed E-state index contributed by atoms with van der Waals surface area (Å²) in [6.45, 7) is 9.44. The summed E-state index contributed by atoms with van der Waals surface area (Å²) in [5.41, 5.74) is 7.12. The number of pyridine rings is 1. The van der Waals surface area contributed by atoms with E-state index in [1.807, 2.05) is 0 Å². The van der Waals surface area contributed by atoms with Crippen LogP contribution in [0.5, 0.6) is 6.01 Å². The van der Waals surface area contributed by atoms with E-state index in [9.17, 15) is 4.39 Å². The molecule has 2 aliphatic heterocycles. The highest BCUT2D eigenvalue weighted by atomic mass is 19.1. The lowest BCUT2D eigenvalue weighted by atomic mass is 9.83. The van der Waals surface area contributed by atoms with E-state index >= 15 is 4.39 Å². The number of ether oxygens (including phenoxy) is 2. The fraction of sp³-hybridized carbons (Fsp3) is 0.486. The smallest absolute Gasteiger partial charge is 0.319 e. The molecule has 8 rings (SSSR count). The second kappa shape index (κ2) is 11.3. The van der Waals surface area contributed by atoms with Crippen molar-refractivity contribution in [1.82, 2.24) is 19.9 Å². The van der Waals surface area contributed by atoms with Crippen molar-refractivity contribution in [3.8, 4) is 29.6 Å². The number of nitrogens with two attached hydrogens (primary N) is 1. The number of rotatable bonds is 7. The van der Waals surface area contributed by atoms with Crippen LogP contribution in [0.3, 0.4) is 0 Å². The number of nitrogens with zero attached hydrogens (tertiary/aromatic N) is 5. The number of fused-ring (bicyclic) bond motifs is 2. The number of nitrogen functional groups attached to an aromatic ring is 1. The molecule has 2 aromatic carbocycles. The van der Waals surface area contributed by atoms with Gasteiger partial charge in [-0.15, -0.1) is 6.42 Å². The molecule has 1 unspecified atom stereocenters. The summed E-state index contributed by atoms with van der Waals surface area (Å²) in [4.78, 5) is 18.9. The molecule has 47 heavy (non-hydrogen) atoms. The van der Waals surface area contributed by atoms with Crippen molar-refractivity contribution < 1.29 is 18.3 Å². The fourth-order valence-electron chi connectivity index (χ4n) is 7.97. The van der Waals surface area contributed by atoms with Crippen LogP contribution in [0.4, 0.5) is 20.3 Å². The minimum Gasteiger partial charge on any atom is -0.461 e. The SMILES string of the molecule is C#Cc1c(F)ccc2cc(N)cc(-c3ncc4c(N5CCOCC(C)C5)nc(OC[C@]5(C)N(CC6CC6)CCC56CC6)nc4c3F)c12. The van der Waals surface area contributed by atoms with Crippen LogP contribution in [0.25, 0.3) is 32.9 Å². The average Bonchev–Trinajstić information content (AvgIpc) is 3.98.